The minimum Gasteiger partial charge on any atom is -0.493 e. The molecule has 0 aliphatic carbocycles. The van der Waals surface area contributed by atoms with E-state index in [4.69, 9.17) is 14.2 Å². The van der Waals surface area contributed by atoms with Crippen molar-refractivity contribution in [1.29, 1.82) is 0 Å². The first kappa shape index (κ1) is 23.3. The lowest BCUT2D eigenvalue weighted by atomic mass is 9.95. The summed E-state index contributed by atoms with van der Waals surface area (Å²) in [6.45, 7) is 3.66. The number of amides is 1. The smallest absolute Gasteiger partial charge is 0.251 e. The Hall–Kier alpha value is -3.87. The van der Waals surface area contributed by atoms with Crippen LogP contribution < -0.4 is 19.5 Å². The van der Waals surface area contributed by atoms with Crippen molar-refractivity contribution in [1.82, 2.24) is 5.32 Å². The molecule has 3 aromatic rings. The molecule has 0 unspecified atom stereocenters. The van der Waals surface area contributed by atoms with Crippen LogP contribution in [0.1, 0.15) is 38.8 Å². The van der Waals surface area contributed by atoms with Gasteiger partial charge in [-0.15, -0.1) is 0 Å². The van der Waals surface area contributed by atoms with Gasteiger partial charge < -0.3 is 19.5 Å². The van der Waals surface area contributed by atoms with Gasteiger partial charge in [-0.05, 0) is 67.4 Å². The van der Waals surface area contributed by atoms with E-state index in [2.05, 4.69) is 5.32 Å². The van der Waals surface area contributed by atoms with E-state index in [9.17, 15) is 14.0 Å². The van der Waals surface area contributed by atoms with Crippen molar-refractivity contribution >= 4 is 11.7 Å². The van der Waals surface area contributed by atoms with Crippen LogP contribution in [0.2, 0.25) is 0 Å². The van der Waals surface area contributed by atoms with Crippen molar-refractivity contribution in [2.24, 2.45) is 0 Å². The summed E-state index contributed by atoms with van der Waals surface area (Å²) in [7, 11) is 3.04. The molecule has 7 heteroatoms. The Bertz CT molecular complexity index is 1270. The molecule has 1 aliphatic heterocycles. The van der Waals surface area contributed by atoms with Crippen LogP contribution in [0.4, 0.5) is 4.39 Å². The van der Waals surface area contributed by atoms with E-state index in [1.54, 1.807) is 24.3 Å². The summed E-state index contributed by atoms with van der Waals surface area (Å²) in [4.78, 5) is 24.5. The third-order valence-electron chi connectivity index (χ3n) is 5.84. The summed E-state index contributed by atoms with van der Waals surface area (Å²) in [5, 5.41) is 2.89. The maximum absolute atomic E-state index is 14.7. The first-order valence-electron chi connectivity index (χ1n) is 10.9. The summed E-state index contributed by atoms with van der Waals surface area (Å²) < 4.78 is 31.4. The second-order valence-corrected chi connectivity index (χ2v) is 8.28. The number of nitrogens with one attached hydrogen (secondary N) is 1. The van der Waals surface area contributed by atoms with Gasteiger partial charge in [0.2, 0.25) is 0 Å². The van der Waals surface area contributed by atoms with E-state index >= 15 is 0 Å². The largest absolute Gasteiger partial charge is 0.493 e. The maximum Gasteiger partial charge on any atom is 0.251 e. The summed E-state index contributed by atoms with van der Waals surface area (Å²) in [5.74, 6) is 0.758. The highest BCUT2D eigenvalue weighted by Gasteiger charge is 2.28. The third kappa shape index (κ3) is 4.59. The highest BCUT2D eigenvalue weighted by atomic mass is 19.1. The van der Waals surface area contributed by atoms with E-state index in [1.165, 1.54) is 33.3 Å². The second-order valence-electron chi connectivity index (χ2n) is 8.28. The minimum atomic E-state index is -0.424. The fourth-order valence-electron chi connectivity index (χ4n) is 4.14. The topological polar surface area (TPSA) is 73.9 Å². The number of rotatable bonds is 7. The van der Waals surface area contributed by atoms with E-state index in [0.29, 0.717) is 45.9 Å². The van der Waals surface area contributed by atoms with Gasteiger partial charge in [0.25, 0.3) is 5.91 Å². The molecule has 1 amide bonds. The average molecular weight is 464 g/mol. The van der Waals surface area contributed by atoms with Crippen LogP contribution in [0.3, 0.4) is 0 Å². The molecule has 0 bridgehead atoms. The normalized spacial score (nSPS) is 14.2. The molecule has 1 aliphatic rings. The van der Waals surface area contributed by atoms with Gasteiger partial charge in [-0.3, -0.25) is 9.59 Å². The van der Waals surface area contributed by atoms with Crippen LogP contribution in [0, 0.1) is 12.7 Å². The van der Waals surface area contributed by atoms with Crippen LogP contribution >= 0.6 is 0 Å². The predicted molar refractivity (Wildman–Crippen MR) is 127 cm³/mol. The fourth-order valence-corrected chi connectivity index (χ4v) is 4.14. The molecule has 3 aromatic carbocycles. The number of hydrogen-bond donors (Lipinski definition) is 1. The van der Waals surface area contributed by atoms with Crippen molar-refractivity contribution < 1.29 is 28.2 Å². The Kier molecular flexibility index (Phi) is 6.54. The molecule has 1 N–H and O–H groups in total. The number of fused-ring (bicyclic) bond motifs is 1. The molecule has 0 radical (unpaired) electrons. The van der Waals surface area contributed by atoms with Gasteiger partial charge in [0, 0.05) is 28.7 Å². The Morgan fingerprint density at radius 3 is 2.44 bits per heavy atom. The maximum atomic E-state index is 14.7. The minimum absolute atomic E-state index is 0.137. The van der Waals surface area contributed by atoms with Crippen LogP contribution in [0.5, 0.6) is 17.2 Å². The number of benzene rings is 3. The van der Waals surface area contributed by atoms with Gasteiger partial charge in [-0.25, -0.2) is 4.39 Å². The molecule has 0 spiro atoms. The molecule has 0 saturated heterocycles. The Labute approximate surface area is 197 Å². The van der Waals surface area contributed by atoms with Gasteiger partial charge in [0.1, 0.15) is 17.7 Å². The van der Waals surface area contributed by atoms with Crippen LogP contribution in [-0.4, -0.2) is 38.6 Å². The summed E-state index contributed by atoms with van der Waals surface area (Å²) in [5.41, 5.74) is 3.69. The lowest BCUT2D eigenvalue weighted by Gasteiger charge is -2.15. The first-order chi connectivity index (χ1) is 16.3. The first-order valence-corrected chi connectivity index (χ1v) is 10.9. The lowest BCUT2D eigenvalue weighted by Crippen LogP contribution is -2.34. The highest BCUT2D eigenvalue weighted by Crippen LogP contribution is 2.41. The van der Waals surface area contributed by atoms with Gasteiger partial charge in [-0.2, -0.15) is 0 Å². The fraction of sp³-hybridized carbons (Fsp3) is 0.259. The summed E-state index contributed by atoms with van der Waals surface area (Å²) in [6, 6.07) is 13.1. The standard InChI is InChI=1S/C27H26FNO5/c1-15-9-19-11-20(14-29-27(31)18-6-8-24(32-3)25(13-18)33-4)34-26(19)22(10-15)21-12-17(16(2)30)5-7-23(21)28/h5-10,12-13,20H,11,14H2,1-4H3,(H,29,31)/t20-/m0/s1. The van der Waals surface area contributed by atoms with Crippen molar-refractivity contribution in [3.8, 4) is 28.4 Å². The van der Waals surface area contributed by atoms with E-state index in [0.717, 1.165) is 11.1 Å². The summed E-state index contributed by atoms with van der Waals surface area (Å²) >= 11 is 0. The molecule has 0 fully saturated rings. The Morgan fingerprint density at radius 2 is 1.74 bits per heavy atom. The predicted octanol–water partition coefficient (Wildman–Crippen LogP) is 4.75. The number of methoxy groups -OCH3 is 2. The van der Waals surface area contributed by atoms with Gasteiger partial charge in [0.15, 0.2) is 17.3 Å². The van der Waals surface area contributed by atoms with Crippen molar-refractivity contribution in [3.05, 3.63) is 76.6 Å². The second kappa shape index (κ2) is 9.55. The molecule has 1 atom stereocenters. The Balaban J connectivity index is 1.53. The Morgan fingerprint density at radius 1 is 1.00 bits per heavy atom. The van der Waals surface area contributed by atoms with Crippen molar-refractivity contribution in [3.63, 3.8) is 0 Å². The molecule has 1 heterocycles. The number of carbonyl (C=O) groups excluding carboxylic acids is 2. The van der Waals surface area contributed by atoms with Gasteiger partial charge >= 0.3 is 0 Å². The monoisotopic (exact) mass is 463 g/mol. The molecule has 4 rings (SSSR count). The quantitative estimate of drug-likeness (QED) is 0.512. The summed E-state index contributed by atoms with van der Waals surface area (Å²) in [6.07, 6.45) is 0.267. The van der Waals surface area contributed by atoms with Crippen LogP contribution in [0.15, 0.2) is 48.5 Å². The van der Waals surface area contributed by atoms with Crippen LogP contribution in [0.25, 0.3) is 11.1 Å². The zero-order valence-corrected chi connectivity index (χ0v) is 19.5. The molecular weight excluding hydrogens is 437 g/mol. The SMILES string of the molecule is COc1ccc(C(=O)NC[C@@H]2Cc3cc(C)cc(-c4cc(C(C)=O)ccc4F)c3O2)cc1OC. The molecule has 0 aromatic heterocycles. The zero-order chi connectivity index (χ0) is 24.4. The van der Waals surface area contributed by atoms with Crippen LogP contribution in [-0.2, 0) is 6.42 Å². The van der Waals surface area contributed by atoms with Gasteiger partial charge in [0.05, 0.1) is 20.8 Å². The number of halogens is 1. The molecule has 0 saturated carbocycles. The average Bonchev–Trinajstić information content (AvgIpc) is 3.24. The van der Waals surface area contributed by atoms with E-state index < -0.39 is 5.82 Å². The van der Waals surface area contributed by atoms with E-state index in [-0.39, 0.29) is 24.3 Å². The third-order valence-corrected chi connectivity index (χ3v) is 5.84. The van der Waals surface area contributed by atoms with E-state index in [1.807, 2.05) is 19.1 Å². The van der Waals surface area contributed by atoms with Crippen molar-refractivity contribution in [2.45, 2.75) is 26.4 Å². The number of ether oxygens (including phenoxy) is 3. The number of carbonyl (C=O) groups is 2. The number of hydrogen-bond acceptors (Lipinski definition) is 5. The molecule has 6 nitrogen and oxygen atoms in total. The molecule has 176 valence electrons. The highest BCUT2D eigenvalue weighted by molar-refractivity contribution is 5.96. The van der Waals surface area contributed by atoms with Gasteiger partial charge in [-0.1, -0.05) is 6.07 Å². The molecule has 34 heavy (non-hydrogen) atoms. The number of Topliss-reactive ketones (excluding diaryl/α,β-unsaturated/α-hetero) is 1. The lowest BCUT2D eigenvalue weighted by molar-refractivity contribution is 0.0932. The molecular formula is C27H26FNO5. The number of ketones is 1. The number of aryl methyl sites for hydroxylation is 1. The zero-order valence-electron chi connectivity index (χ0n) is 19.5. The van der Waals surface area contributed by atoms with Crippen molar-refractivity contribution in [2.75, 3.05) is 20.8 Å².